The van der Waals surface area contributed by atoms with Gasteiger partial charge in [-0.2, -0.15) is 0 Å². The van der Waals surface area contributed by atoms with Crippen LogP contribution in [0, 0.1) is 21.7 Å². The Bertz CT molecular complexity index is 629. The summed E-state index contributed by atoms with van der Waals surface area (Å²) in [7, 11) is 0. The predicted molar refractivity (Wildman–Crippen MR) is 128 cm³/mol. The molecule has 0 atom stereocenters. The first-order chi connectivity index (χ1) is 14.8. The molecule has 0 N–H and O–H groups in total. The van der Waals surface area contributed by atoms with E-state index in [2.05, 4.69) is 0 Å². The van der Waals surface area contributed by atoms with Crippen molar-refractivity contribution in [1.82, 2.24) is 0 Å². The zero-order valence-corrected chi connectivity index (χ0v) is 22.5. The Kier molecular flexibility index (Phi) is 12.0. The van der Waals surface area contributed by atoms with E-state index in [4.69, 9.17) is 14.2 Å². The van der Waals surface area contributed by atoms with Gasteiger partial charge in [0.15, 0.2) is 0 Å². The number of carbonyl (C=O) groups is 4. The number of esters is 2. The summed E-state index contributed by atoms with van der Waals surface area (Å²) in [6.07, 6.45) is 2.31. The molecule has 0 unspecified atom stereocenters. The molecule has 33 heavy (non-hydrogen) atoms. The van der Waals surface area contributed by atoms with Crippen molar-refractivity contribution in [3.63, 3.8) is 0 Å². The van der Waals surface area contributed by atoms with Crippen molar-refractivity contribution in [2.45, 2.75) is 94.9 Å². The highest BCUT2D eigenvalue weighted by Crippen LogP contribution is 2.33. The van der Waals surface area contributed by atoms with Crippen molar-refractivity contribution < 1.29 is 33.4 Å². The standard InChI is InChI=1S/C26H46O7/c1-19(27)23(3,4)11-13-25(7,8)21(29)32-17-15-31-16-18-33-22(30)26(9,10)14-12-24(5,6)20(2)28/h11-18H2,1-10H3. The smallest absolute Gasteiger partial charge is 0.311 e. The minimum absolute atomic E-state index is 0.101. The van der Waals surface area contributed by atoms with Crippen molar-refractivity contribution in [1.29, 1.82) is 0 Å². The van der Waals surface area contributed by atoms with Crippen LogP contribution in [0.5, 0.6) is 0 Å². The summed E-state index contributed by atoms with van der Waals surface area (Å²) >= 11 is 0. The predicted octanol–water partition coefficient (Wildman–Crippen LogP) is 4.93. The van der Waals surface area contributed by atoms with Crippen LogP contribution in [0.15, 0.2) is 0 Å². The third-order valence-electron chi connectivity index (χ3n) is 6.68. The molecule has 0 aliphatic carbocycles. The van der Waals surface area contributed by atoms with Gasteiger partial charge < -0.3 is 14.2 Å². The van der Waals surface area contributed by atoms with Gasteiger partial charge in [0.05, 0.1) is 24.0 Å². The largest absolute Gasteiger partial charge is 0.463 e. The number of Topliss-reactive ketones (excluding diaryl/α,β-unsaturated/α-hetero) is 2. The molecule has 0 rings (SSSR count). The van der Waals surface area contributed by atoms with E-state index in [1.54, 1.807) is 13.8 Å². The van der Waals surface area contributed by atoms with Crippen molar-refractivity contribution in [3.05, 3.63) is 0 Å². The first-order valence-corrected chi connectivity index (χ1v) is 11.8. The molecule has 0 amide bonds. The third-order valence-corrected chi connectivity index (χ3v) is 6.68. The molecule has 0 aliphatic rings. The second kappa shape index (κ2) is 12.6. The SMILES string of the molecule is CC(=O)C(C)(C)CCC(C)(C)C(=O)OCCOCCOC(=O)C(C)(C)CCC(C)(C)C(C)=O. The summed E-state index contributed by atoms with van der Waals surface area (Å²) in [6, 6.07) is 0. The zero-order chi connectivity index (χ0) is 26.1. The first kappa shape index (κ1) is 31.2. The maximum Gasteiger partial charge on any atom is 0.311 e. The second-order valence-corrected chi connectivity index (χ2v) is 11.5. The Hall–Kier alpha value is -1.76. The van der Waals surface area contributed by atoms with Crippen LogP contribution < -0.4 is 0 Å². The molecule has 0 aromatic carbocycles. The fourth-order valence-electron chi connectivity index (χ4n) is 2.69. The van der Waals surface area contributed by atoms with Crippen LogP contribution in [0.4, 0.5) is 0 Å². The van der Waals surface area contributed by atoms with E-state index in [9.17, 15) is 19.2 Å². The van der Waals surface area contributed by atoms with Crippen molar-refractivity contribution in [2.24, 2.45) is 21.7 Å². The fraction of sp³-hybridized carbons (Fsp3) is 0.846. The maximum absolute atomic E-state index is 12.4. The molecule has 0 aliphatic heterocycles. The number of ketones is 2. The molecule has 7 heteroatoms. The molecular formula is C26H46O7. The van der Waals surface area contributed by atoms with Gasteiger partial charge in [0.2, 0.25) is 0 Å². The average molecular weight is 471 g/mol. The quantitative estimate of drug-likeness (QED) is 0.233. The van der Waals surface area contributed by atoms with Crippen molar-refractivity contribution >= 4 is 23.5 Å². The molecule has 0 radical (unpaired) electrons. The number of hydrogen-bond donors (Lipinski definition) is 0. The fourth-order valence-corrected chi connectivity index (χ4v) is 2.69. The highest BCUT2D eigenvalue weighted by atomic mass is 16.6. The minimum atomic E-state index is -0.690. The molecular weight excluding hydrogens is 424 g/mol. The van der Waals surface area contributed by atoms with Crippen molar-refractivity contribution in [2.75, 3.05) is 26.4 Å². The van der Waals surface area contributed by atoms with E-state index >= 15 is 0 Å². The zero-order valence-electron chi connectivity index (χ0n) is 22.5. The van der Waals surface area contributed by atoms with Crippen LogP contribution in [0.2, 0.25) is 0 Å². The van der Waals surface area contributed by atoms with Crippen LogP contribution in [-0.4, -0.2) is 49.9 Å². The Morgan fingerprint density at radius 2 is 0.758 bits per heavy atom. The van der Waals surface area contributed by atoms with Gasteiger partial charge in [-0.3, -0.25) is 19.2 Å². The first-order valence-electron chi connectivity index (χ1n) is 11.8. The molecule has 0 saturated heterocycles. The van der Waals surface area contributed by atoms with Crippen LogP contribution in [0.25, 0.3) is 0 Å². The molecule has 0 heterocycles. The maximum atomic E-state index is 12.4. The number of ether oxygens (including phenoxy) is 3. The van der Waals surface area contributed by atoms with Gasteiger partial charge >= 0.3 is 11.9 Å². The molecule has 192 valence electrons. The van der Waals surface area contributed by atoms with Crippen molar-refractivity contribution in [3.8, 4) is 0 Å². The molecule has 0 bridgehead atoms. The summed E-state index contributed by atoms with van der Waals surface area (Å²) < 4.78 is 16.0. The lowest BCUT2D eigenvalue weighted by atomic mass is 9.77. The summed E-state index contributed by atoms with van der Waals surface area (Å²) in [6.45, 7) is 18.5. The lowest BCUT2D eigenvalue weighted by molar-refractivity contribution is -0.158. The van der Waals surface area contributed by atoms with E-state index in [1.165, 1.54) is 0 Å². The van der Waals surface area contributed by atoms with Crippen LogP contribution >= 0.6 is 0 Å². The summed E-state index contributed by atoms with van der Waals surface area (Å²) in [5.41, 5.74) is -2.30. The minimum Gasteiger partial charge on any atom is -0.463 e. The highest BCUT2D eigenvalue weighted by Gasteiger charge is 2.34. The van der Waals surface area contributed by atoms with Crippen LogP contribution in [0.1, 0.15) is 94.9 Å². The third kappa shape index (κ3) is 11.3. The topological polar surface area (TPSA) is 96.0 Å². The molecule has 0 fully saturated rings. The van der Waals surface area contributed by atoms with Gasteiger partial charge in [0, 0.05) is 10.8 Å². The molecule has 0 saturated carbocycles. The Morgan fingerprint density at radius 3 is 1.03 bits per heavy atom. The van der Waals surface area contributed by atoms with Gasteiger partial charge in [0.1, 0.15) is 24.8 Å². The molecule has 7 nitrogen and oxygen atoms in total. The van der Waals surface area contributed by atoms with E-state index in [0.717, 1.165) is 0 Å². The number of hydrogen-bond acceptors (Lipinski definition) is 7. The van der Waals surface area contributed by atoms with E-state index in [-0.39, 0.29) is 49.9 Å². The lowest BCUT2D eigenvalue weighted by Crippen LogP contribution is -2.31. The molecule has 0 spiro atoms. The van der Waals surface area contributed by atoms with Gasteiger partial charge in [-0.15, -0.1) is 0 Å². The number of rotatable bonds is 16. The normalized spacial score (nSPS) is 12.9. The monoisotopic (exact) mass is 470 g/mol. The average Bonchev–Trinajstić information content (AvgIpc) is 2.69. The van der Waals surface area contributed by atoms with E-state index in [1.807, 2.05) is 55.4 Å². The van der Waals surface area contributed by atoms with E-state index in [0.29, 0.717) is 25.7 Å². The van der Waals surface area contributed by atoms with Gasteiger partial charge in [0.25, 0.3) is 0 Å². The van der Waals surface area contributed by atoms with Gasteiger partial charge in [-0.1, -0.05) is 27.7 Å². The number of carbonyl (C=O) groups excluding carboxylic acids is 4. The molecule has 0 aromatic heterocycles. The lowest BCUT2D eigenvalue weighted by Gasteiger charge is -2.28. The van der Waals surface area contributed by atoms with Gasteiger partial charge in [-0.25, -0.2) is 0 Å². The summed E-state index contributed by atoms with van der Waals surface area (Å²) in [4.78, 5) is 48.1. The van der Waals surface area contributed by atoms with Gasteiger partial charge in [-0.05, 0) is 67.2 Å². The van der Waals surface area contributed by atoms with Crippen LogP contribution in [0.3, 0.4) is 0 Å². The Morgan fingerprint density at radius 1 is 0.485 bits per heavy atom. The Labute approximate surface area is 200 Å². The molecule has 0 aromatic rings. The summed E-state index contributed by atoms with van der Waals surface area (Å²) in [5.74, 6) is -0.452. The summed E-state index contributed by atoms with van der Waals surface area (Å²) in [5, 5.41) is 0. The van der Waals surface area contributed by atoms with E-state index < -0.39 is 21.7 Å². The van der Waals surface area contributed by atoms with Crippen LogP contribution in [-0.2, 0) is 33.4 Å². The Balaban J connectivity index is 4.18. The second-order valence-electron chi connectivity index (χ2n) is 11.5. The highest BCUT2D eigenvalue weighted by molar-refractivity contribution is 5.82.